The first-order chi connectivity index (χ1) is 8.56. The number of nitrogens with zero attached hydrogens (tertiary/aromatic N) is 1. The van der Waals surface area contributed by atoms with Gasteiger partial charge in [0.05, 0.1) is 0 Å². The Bertz CT molecular complexity index is 590. The average molecular weight is 265 g/mol. The number of aromatic nitrogens is 1. The molecule has 0 saturated carbocycles. The van der Waals surface area contributed by atoms with Gasteiger partial charge < -0.3 is 9.84 Å². The van der Waals surface area contributed by atoms with Crippen LogP contribution in [0.1, 0.15) is 17.5 Å². The number of benzene rings is 1. The number of halogens is 1. The quantitative estimate of drug-likeness (QED) is 0.865. The summed E-state index contributed by atoms with van der Waals surface area (Å²) in [6, 6.07) is 8.43. The van der Waals surface area contributed by atoms with E-state index >= 15 is 0 Å². The summed E-state index contributed by atoms with van der Waals surface area (Å²) in [6.07, 6.45) is 0. The minimum Gasteiger partial charge on any atom is -0.351 e. The fraction of sp³-hybridized carbons (Fsp3) is 0.0833. The standard InChI is InChI=1S/C12H9ClN2O3/c1-7(16)14-9-4-2-8(3-5-9)10-6-11(12(13)17)18-15-10/h2-6H,1H3,(H,14,16). The van der Waals surface area contributed by atoms with Gasteiger partial charge in [0.15, 0.2) is 0 Å². The van der Waals surface area contributed by atoms with Gasteiger partial charge in [0.25, 0.3) is 5.24 Å². The van der Waals surface area contributed by atoms with Crippen molar-refractivity contribution in [1.29, 1.82) is 0 Å². The van der Waals surface area contributed by atoms with Gasteiger partial charge in [-0.15, -0.1) is 0 Å². The number of anilines is 1. The highest BCUT2D eigenvalue weighted by molar-refractivity contribution is 6.67. The third-order valence-electron chi connectivity index (χ3n) is 2.20. The number of nitrogens with one attached hydrogen (secondary N) is 1. The molecule has 2 rings (SSSR count). The second-order valence-corrected chi connectivity index (χ2v) is 3.95. The van der Waals surface area contributed by atoms with E-state index in [1.807, 2.05) is 0 Å². The summed E-state index contributed by atoms with van der Waals surface area (Å²) in [6.45, 7) is 1.43. The molecule has 0 aliphatic rings. The molecule has 1 aromatic heterocycles. The zero-order valence-electron chi connectivity index (χ0n) is 9.44. The largest absolute Gasteiger partial charge is 0.351 e. The fourth-order valence-electron chi connectivity index (χ4n) is 1.43. The maximum absolute atomic E-state index is 10.9. The Labute approximate surface area is 108 Å². The van der Waals surface area contributed by atoms with Crippen LogP contribution in [0.15, 0.2) is 34.9 Å². The van der Waals surface area contributed by atoms with Crippen molar-refractivity contribution in [2.24, 2.45) is 0 Å². The van der Waals surface area contributed by atoms with E-state index in [1.54, 1.807) is 24.3 Å². The molecule has 6 heteroatoms. The maximum Gasteiger partial charge on any atom is 0.290 e. The summed E-state index contributed by atoms with van der Waals surface area (Å²) < 4.78 is 4.77. The Morgan fingerprint density at radius 2 is 1.94 bits per heavy atom. The molecule has 1 heterocycles. The molecule has 0 aliphatic carbocycles. The SMILES string of the molecule is CC(=O)Nc1ccc(-c2cc(C(=O)Cl)on2)cc1. The summed E-state index contributed by atoms with van der Waals surface area (Å²) in [7, 11) is 0. The Morgan fingerprint density at radius 3 is 2.44 bits per heavy atom. The van der Waals surface area contributed by atoms with Crippen LogP contribution in [-0.2, 0) is 4.79 Å². The number of carbonyl (C=O) groups is 2. The minimum atomic E-state index is -0.691. The number of carbonyl (C=O) groups excluding carboxylic acids is 2. The van der Waals surface area contributed by atoms with Gasteiger partial charge in [-0.05, 0) is 23.7 Å². The van der Waals surface area contributed by atoms with Crippen molar-refractivity contribution in [2.75, 3.05) is 5.32 Å². The Kier molecular flexibility index (Phi) is 3.43. The molecular weight excluding hydrogens is 256 g/mol. The average Bonchev–Trinajstić information content (AvgIpc) is 2.78. The summed E-state index contributed by atoms with van der Waals surface area (Å²) in [5.41, 5.74) is 1.95. The lowest BCUT2D eigenvalue weighted by atomic mass is 10.1. The lowest BCUT2D eigenvalue weighted by molar-refractivity contribution is -0.114. The molecule has 5 nitrogen and oxygen atoms in total. The molecule has 0 bridgehead atoms. The molecule has 2 aromatic rings. The number of amides is 1. The summed E-state index contributed by atoms with van der Waals surface area (Å²) in [5.74, 6) is -0.142. The molecule has 1 N–H and O–H groups in total. The van der Waals surface area contributed by atoms with E-state index in [0.29, 0.717) is 11.4 Å². The van der Waals surface area contributed by atoms with E-state index in [9.17, 15) is 9.59 Å². The molecular formula is C12H9ClN2O3. The van der Waals surface area contributed by atoms with Gasteiger partial charge in [0, 0.05) is 24.2 Å². The van der Waals surface area contributed by atoms with Gasteiger partial charge in [0.2, 0.25) is 11.7 Å². The molecule has 0 spiro atoms. The van der Waals surface area contributed by atoms with E-state index in [0.717, 1.165) is 5.56 Å². The van der Waals surface area contributed by atoms with Crippen molar-refractivity contribution in [1.82, 2.24) is 5.16 Å². The Balaban J connectivity index is 2.22. The second kappa shape index (κ2) is 5.01. The highest BCUT2D eigenvalue weighted by atomic mass is 35.5. The molecule has 92 valence electrons. The van der Waals surface area contributed by atoms with Crippen molar-refractivity contribution in [3.05, 3.63) is 36.1 Å². The van der Waals surface area contributed by atoms with Gasteiger partial charge in [0.1, 0.15) is 5.69 Å². The first-order valence-corrected chi connectivity index (χ1v) is 5.48. The van der Waals surface area contributed by atoms with Crippen LogP contribution in [0.2, 0.25) is 0 Å². The lowest BCUT2D eigenvalue weighted by Crippen LogP contribution is -2.05. The van der Waals surface area contributed by atoms with Gasteiger partial charge in [-0.2, -0.15) is 0 Å². The molecule has 0 aliphatic heterocycles. The van der Waals surface area contributed by atoms with Crippen molar-refractivity contribution in [3.8, 4) is 11.3 Å². The third kappa shape index (κ3) is 2.75. The normalized spacial score (nSPS) is 10.1. The molecule has 0 atom stereocenters. The van der Waals surface area contributed by atoms with Crippen LogP contribution in [0.3, 0.4) is 0 Å². The van der Waals surface area contributed by atoms with Crippen LogP contribution in [0.25, 0.3) is 11.3 Å². The number of hydrogen-bond acceptors (Lipinski definition) is 4. The van der Waals surface area contributed by atoms with Crippen LogP contribution in [-0.4, -0.2) is 16.3 Å². The zero-order valence-corrected chi connectivity index (χ0v) is 10.2. The van der Waals surface area contributed by atoms with Crippen molar-refractivity contribution >= 4 is 28.4 Å². The first-order valence-electron chi connectivity index (χ1n) is 5.11. The maximum atomic E-state index is 10.9. The van der Waals surface area contributed by atoms with E-state index in [-0.39, 0.29) is 11.7 Å². The minimum absolute atomic E-state index is 0.00222. The molecule has 0 radical (unpaired) electrons. The van der Waals surface area contributed by atoms with E-state index in [1.165, 1.54) is 13.0 Å². The number of rotatable bonds is 3. The highest BCUT2D eigenvalue weighted by Crippen LogP contribution is 2.21. The highest BCUT2D eigenvalue weighted by Gasteiger charge is 2.11. The van der Waals surface area contributed by atoms with Crippen molar-refractivity contribution in [2.45, 2.75) is 6.92 Å². The molecule has 0 unspecified atom stereocenters. The first kappa shape index (κ1) is 12.3. The van der Waals surface area contributed by atoms with E-state index < -0.39 is 5.24 Å². The predicted octanol–water partition coefficient (Wildman–Crippen LogP) is 2.68. The van der Waals surface area contributed by atoms with Crippen molar-refractivity contribution < 1.29 is 14.1 Å². The second-order valence-electron chi connectivity index (χ2n) is 3.61. The molecule has 0 fully saturated rings. The fourth-order valence-corrected chi connectivity index (χ4v) is 1.52. The van der Waals surface area contributed by atoms with Gasteiger partial charge >= 0.3 is 0 Å². The van der Waals surface area contributed by atoms with Crippen LogP contribution < -0.4 is 5.32 Å². The Morgan fingerprint density at radius 1 is 1.28 bits per heavy atom. The van der Waals surface area contributed by atoms with E-state index in [4.69, 9.17) is 16.1 Å². The Hall–Kier alpha value is -2.14. The molecule has 1 amide bonds. The third-order valence-corrected chi connectivity index (χ3v) is 2.39. The zero-order chi connectivity index (χ0) is 13.1. The van der Waals surface area contributed by atoms with Crippen LogP contribution >= 0.6 is 11.6 Å². The van der Waals surface area contributed by atoms with Gasteiger partial charge in [-0.25, -0.2) is 0 Å². The summed E-state index contributed by atoms with van der Waals surface area (Å²) in [4.78, 5) is 21.7. The van der Waals surface area contributed by atoms with Crippen LogP contribution in [0, 0.1) is 0 Å². The smallest absolute Gasteiger partial charge is 0.290 e. The van der Waals surface area contributed by atoms with Crippen molar-refractivity contribution in [3.63, 3.8) is 0 Å². The molecule has 0 saturated heterocycles. The molecule has 18 heavy (non-hydrogen) atoms. The van der Waals surface area contributed by atoms with E-state index in [2.05, 4.69) is 10.5 Å². The topological polar surface area (TPSA) is 72.2 Å². The molecule has 1 aromatic carbocycles. The predicted molar refractivity (Wildman–Crippen MR) is 66.4 cm³/mol. The number of hydrogen-bond donors (Lipinski definition) is 1. The summed E-state index contributed by atoms with van der Waals surface area (Å²) in [5, 5.41) is 5.69. The van der Waals surface area contributed by atoms with Gasteiger partial charge in [-0.3, -0.25) is 9.59 Å². The summed E-state index contributed by atoms with van der Waals surface area (Å²) >= 11 is 5.27. The van der Waals surface area contributed by atoms with Gasteiger partial charge in [-0.1, -0.05) is 17.3 Å². The van der Waals surface area contributed by atoms with Crippen LogP contribution in [0.4, 0.5) is 5.69 Å². The lowest BCUT2D eigenvalue weighted by Gasteiger charge is -2.01. The monoisotopic (exact) mass is 264 g/mol. The van der Waals surface area contributed by atoms with Crippen LogP contribution in [0.5, 0.6) is 0 Å².